The Morgan fingerprint density at radius 1 is 0.964 bits per heavy atom. The number of benzene rings is 2. The summed E-state index contributed by atoms with van der Waals surface area (Å²) < 4.78 is 10.9. The van der Waals surface area contributed by atoms with Crippen LogP contribution in [0.1, 0.15) is 18.1 Å². The Kier molecular flexibility index (Phi) is 6.37. The Morgan fingerprint density at radius 3 is 2.39 bits per heavy atom. The highest BCUT2D eigenvalue weighted by molar-refractivity contribution is 5.70. The number of anilines is 2. The van der Waals surface area contributed by atoms with E-state index in [1.54, 1.807) is 20.3 Å². The van der Waals surface area contributed by atoms with Crippen molar-refractivity contribution in [3.63, 3.8) is 0 Å². The summed E-state index contributed by atoms with van der Waals surface area (Å²) in [7, 11) is 3.36. The van der Waals surface area contributed by atoms with Crippen molar-refractivity contribution in [3.05, 3.63) is 65.7 Å². The molecule has 2 aromatic carbocycles. The van der Waals surface area contributed by atoms with Crippen LogP contribution in [0.25, 0.3) is 11.3 Å². The lowest BCUT2D eigenvalue weighted by Crippen LogP contribution is -2.07. The molecule has 0 bridgehead atoms. The van der Waals surface area contributed by atoms with Gasteiger partial charge in [0.05, 0.1) is 19.9 Å². The summed E-state index contributed by atoms with van der Waals surface area (Å²) >= 11 is 0. The van der Waals surface area contributed by atoms with Gasteiger partial charge in [-0.25, -0.2) is 4.98 Å². The highest BCUT2D eigenvalue weighted by atomic mass is 16.5. The first-order chi connectivity index (χ1) is 13.6. The van der Waals surface area contributed by atoms with Crippen LogP contribution in [0.15, 0.2) is 54.6 Å². The van der Waals surface area contributed by atoms with Gasteiger partial charge in [0.25, 0.3) is 0 Å². The van der Waals surface area contributed by atoms with Gasteiger partial charge in [0, 0.05) is 17.8 Å². The number of nitrogens with two attached hydrogens (primary N) is 1. The first-order valence-corrected chi connectivity index (χ1v) is 9.45. The zero-order valence-electron chi connectivity index (χ0n) is 16.7. The lowest BCUT2D eigenvalue weighted by molar-refractivity contribution is 0.415. The van der Waals surface area contributed by atoms with E-state index in [0.717, 1.165) is 47.8 Å². The third kappa shape index (κ3) is 4.55. The summed E-state index contributed by atoms with van der Waals surface area (Å²) in [6.07, 6.45) is 1.84. The summed E-state index contributed by atoms with van der Waals surface area (Å²) in [6.45, 7) is 3.00. The molecule has 0 aliphatic heterocycles. The lowest BCUT2D eigenvalue weighted by Gasteiger charge is -2.16. The number of nitrogen functional groups attached to an aromatic ring is 1. The Bertz CT molecular complexity index is 924. The minimum atomic E-state index is 0.505. The summed E-state index contributed by atoms with van der Waals surface area (Å²) in [5.41, 5.74) is 11.3. The topological polar surface area (TPSA) is 69.4 Å². The van der Waals surface area contributed by atoms with Gasteiger partial charge in [-0.05, 0) is 72.5 Å². The molecule has 0 fully saturated rings. The number of methoxy groups -OCH3 is 2. The third-order valence-electron chi connectivity index (χ3n) is 4.76. The van der Waals surface area contributed by atoms with Crippen LogP contribution < -0.4 is 20.5 Å². The normalized spacial score (nSPS) is 10.5. The maximum absolute atomic E-state index is 5.86. The van der Waals surface area contributed by atoms with Crippen LogP contribution in [-0.4, -0.2) is 25.7 Å². The Labute approximate surface area is 166 Å². The van der Waals surface area contributed by atoms with Crippen molar-refractivity contribution in [2.75, 3.05) is 31.8 Å². The molecule has 5 nitrogen and oxygen atoms in total. The maximum atomic E-state index is 5.86. The van der Waals surface area contributed by atoms with E-state index in [-0.39, 0.29) is 0 Å². The van der Waals surface area contributed by atoms with E-state index >= 15 is 0 Å². The van der Waals surface area contributed by atoms with Crippen LogP contribution in [0.3, 0.4) is 0 Å². The van der Waals surface area contributed by atoms with Crippen molar-refractivity contribution >= 4 is 11.5 Å². The first-order valence-electron chi connectivity index (χ1n) is 9.45. The molecule has 5 heteroatoms. The fourth-order valence-electron chi connectivity index (χ4n) is 3.25. The van der Waals surface area contributed by atoms with E-state index in [0.29, 0.717) is 5.82 Å². The Morgan fingerprint density at radius 2 is 1.75 bits per heavy atom. The molecule has 146 valence electrons. The summed E-state index contributed by atoms with van der Waals surface area (Å²) in [5, 5.41) is 3.46. The molecular weight excluding hydrogens is 350 g/mol. The zero-order chi connectivity index (χ0) is 19.9. The van der Waals surface area contributed by atoms with Gasteiger partial charge in [0.2, 0.25) is 0 Å². The molecule has 0 aliphatic rings. The first kappa shape index (κ1) is 19.5. The number of aromatic nitrogens is 1. The lowest BCUT2D eigenvalue weighted by atomic mass is 9.97. The van der Waals surface area contributed by atoms with Crippen LogP contribution in [0, 0.1) is 0 Å². The number of nitrogens with one attached hydrogen (secondary N) is 1. The smallest absolute Gasteiger partial charge is 0.128 e. The van der Waals surface area contributed by atoms with Crippen molar-refractivity contribution in [3.8, 4) is 22.8 Å². The second kappa shape index (κ2) is 9.13. The summed E-state index contributed by atoms with van der Waals surface area (Å²) in [6, 6.07) is 17.9. The monoisotopic (exact) mass is 377 g/mol. The van der Waals surface area contributed by atoms with Crippen LogP contribution in [0.5, 0.6) is 11.5 Å². The molecule has 0 saturated heterocycles. The van der Waals surface area contributed by atoms with E-state index in [2.05, 4.69) is 29.4 Å². The van der Waals surface area contributed by atoms with Crippen molar-refractivity contribution in [2.45, 2.75) is 19.8 Å². The molecule has 0 atom stereocenters. The standard InChI is InChI=1S/C23H27N3O2/c1-4-16-14-20(21-6-5-7-23(24)26-21)22(28-3)15-17(16)12-13-25-18-8-10-19(27-2)11-9-18/h5-11,14-15,25H,4,12-13H2,1-3H3,(H2,24,26). The molecule has 3 aromatic rings. The van der Waals surface area contributed by atoms with Gasteiger partial charge in [-0.3, -0.25) is 0 Å². The number of nitrogens with zero attached hydrogens (tertiary/aromatic N) is 1. The number of hydrogen-bond donors (Lipinski definition) is 2. The van der Waals surface area contributed by atoms with Crippen molar-refractivity contribution < 1.29 is 9.47 Å². The minimum Gasteiger partial charge on any atom is -0.497 e. The fraction of sp³-hybridized carbons (Fsp3) is 0.261. The van der Waals surface area contributed by atoms with Gasteiger partial charge in [0.15, 0.2) is 0 Å². The van der Waals surface area contributed by atoms with E-state index in [4.69, 9.17) is 15.2 Å². The molecule has 0 unspecified atom stereocenters. The molecule has 1 aromatic heterocycles. The largest absolute Gasteiger partial charge is 0.497 e. The van der Waals surface area contributed by atoms with Gasteiger partial charge < -0.3 is 20.5 Å². The Hall–Kier alpha value is -3.21. The number of pyridine rings is 1. The van der Waals surface area contributed by atoms with Crippen LogP contribution in [-0.2, 0) is 12.8 Å². The highest BCUT2D eigenvalue weighted by Crippen LogP contribution is 2.33. The van der Waals surface area contributed by atoms with Gasteiger partial charge in [-0.1, -0.05) is 13.0 Å². The highest BCUT2D eigenvalue weighted by Gasteiger charge is 2.13. The van der Waals surface area contributed by atoms with Crippen LogP contribution >= 0.6 is 0 Å². The third-order valence-corrected chi connectivity index (χ3v) is 4.76. The van der Waals surface area contributed by atoms with Crippen molar-refractivity contribution in [2.24, 2.45) is 0 Å². The minimum absolute atomic E-state index is 0.505. The van der Waals surface area contributed by atoms with Gasteiger partial charge >= 0.3 is 0 Å². The second-order valence-corrected chi connectivity index (χ2v) is 6.53. The molecule has 0 spiro atoms. The van der Waals surface area contributed by atoms with Gasteiger partial charge in [0.1, 0.15) is 17.3 Å². The van der Waals surface area contributed by atoms with Gasteiger partial charge in [-0.15, -0.1) is 0 Å². The van der Waals surface area contributed by atoms with Gasteiger partial charge in [-0.2, -0.15) is 0 Å². The van der Waals surface area contributed by atoms with Crippen LogP contribution in [0.2, 0.25) is 0 Å². The molecule has 0 radical (unpaired) electrons. The van der Waals surface area contributed by atoms with E-state index in [1.165, 1.54) is 11.1 Å². The second-order valence-electron chi connectivity index (χ2n) is 6.53. The average molecular weight is 377 g/mol. The number of aryl methyl sites for hydroxylation is 1. The molecule has 0 amide bonds. The SMILES string of the molecule is CCc1cc(-c2cccc(N)n2)c(OC)cc1CCNc1ccc(OC)cc1. The summed E-state index contributed by atoms with van der Waals surface area (Å²) in [4.78, 5) is 4.45. The van der Waals surface area contributed by atoms with Crippen molar-refractivity contribution in [1.82, 2.24) is 4.98 Å². The Balaban J connectivity index is 1.78. The number of ether oxygens (including phenoxy) is 2. The number of rotatable bonds is 8. The molecule has 0 saturated carbocycles. The van der Waals surface area contributed by atoms with E-state index in [9.17, 15) is 0 Å². The predicted molar refractivity (Wildman–Crippen MR) is 115 cm³/mol. The molecule has 3 rings (SSSR count). The molecule has 3 N–H and O–H groups in total. The van der Waals surface area contributed by atoms with Crippen LogP contribution in [0.4, 0.5) is 11.5 Å². The van der Waals surface area contributed by atoms with E-state index in [1.807, 2.05) is 36.4 Å². The van der Waals surface area contributed by atoms with Crippen molar-refractivity contribution in [1.29, 1.82) is 0 Å². The fourth-order valence-corrected chi connectivity index (χ4v) is 3.25. The molecule has 0 aliphatic carbocycles. The molecular formula is C23H27N3O2. The quantitative estimate of drug-likeness (QED) is 0.602. The molecule has 28 heavy (non-hydrogen) atoms. The molecule has 1 heterocycles. The zero-order valence-corrected chi connectivity index (χ0v) is 16.7. The summed E-state index contributed by atoms with van der Waals surface area (Å²) in [5.74, 6) is 2.18. The number of hydrogen-bond acceptors (Lipinski definition) is 5. The average Bonchev–Trinajstić information content (AvgIpc) is 2.73. The van der Waals surface area contributed by atoms with E-state index < -0.39 is 0 Å². The maximum Gasteiger partial charge on any atom is 0.128 e. The predicted octanol–water partition coefficient (Wildman–Crippen LogP) is 4.57.